The van der Waals surface area contributed by atoms with Gasteiger partial charge in [-0.25, -0.2) is 4.79 Å². The number of esters is 1. The Hall–Kier alpha value is -2.79. The van der Waals surface area contributed by atoms with Gasteiger partial charge in [-0.1, -0.05) is 122 Å². The van der Waals surface area contributed by atoms with E-state index < -0.39 is 0 Å². The van der Waals surface area contributed by atoms with E-state index in [1.54, 1.807) is 19.1 Å². The molecule has 0 aromatic heterocycles. The van der Waals surface area contributed by atoms with Crippen LogP contribution in [0.1, 0.15) is 145 Å². The van der Waals surface area contributed by atoms with E-state index >= 15 is 0 Å². The Balaban J connectivity index is 2.04. The summed E-state index contributed by atoms with van der Waals surface area (Å²) in [6.07, 6.45) is 22.1. The number of aliphatic hydroxyl groups is 1. The van der Waals surface area contributed by atoms with Gasteiger partial charge in [-0.15, -0.1) is 0 Å². The SMILES string of the molecule is CCCCCCCCCCOc1ccc(C=C(CO)c2cccc(C(=O)OCC)c2)cc1OCCCCCCCCCC. The molecule has 2 aromatic rings. The van der Waals surface area contributed by atoms with Gasteiger partial charge in [-0.05, 0) is 66.8 Å². The van der Waals surface area contributed by atoms with Gasteiger partial charge >= 0.3 is 5.97 Å². The first-order chi connectivity index (χ1) is 21.1. The Morgan fingerprint density at radius 2 is 1.19 bits per heavy atom. The lowest BCUT2D eigenvalue weighted by molar-refractivity contribution is 0.0526. The van der Waals surface area contributed by atoms with Crippen LogP contribution in [-0.2, 0) is 4.74 Å². The molecular weight excluding hydrogens is 536 g/mol. The van der Waals surface area contributed by atoms with Crippen LogP contribution >= 0.6 is 0 Å². The molecule has 0 aliphatic heterocycles. The zero-order valence-corrected chi connectivity index (χ0v) is 27.3. The predicted molar refractivity (Wildman–Crippen MR) is 180 cm³/mol. The third-order valence-corrected chi connectivity index (χ3v) is 7.73. The van der Waals surface area contributed by atoms with Gasteiger partial charge in [0.2, 0.25) is 0 Å². The maximum atomic E-state index is 12.2. The molecule has 0 amide bonds. The van der Waals surface area contributed by atoms with Gasteiger partial charge in [0.05, 0.1) is 32.0 Å². The highest BCUT2D eigenvalue weighted by molar-refractivity contribution is 5.92. The molecule has 43 heavy (non-hydrogen) atoms. The highest BCUT2D eigenvalue weighted by Gasteiger charge is 2.11. The van der Waals surface area contributed by atoms with Crippen molar-refractivity contribution in [3.05, 3.63) is 59.2 Å². The van der Waals surface area contributed by atoms with E-state index in [4.69, 9.17) is 14.2 Å². The predicted octanol–water partition coefficient (Wildman–Crippen LogP) is 10.4. The molecule has 0 bridgehead atoms. The van der Waals surface area contributed by atoms with Gasteiger partial charge in [-0.3, -0.25) is 0 Å². The highest BCUT2D eigenvalue weighted by Crippen LogP contribution is 2.31. The van der Waals surface area contributed by atoms with E-state index in [1.807, 2.05) is 36.4 Å². The van der Waals surface area contributed by atoms with Crippen molar-refractivity contribution in [3.63, 3.8) is 0 Å². The minimum absolute atomic E-state index is 0.155. The topological polar surface area (TPSA) is 65.0 Å². The molecule has 0 unspecified atom stereocenters. The van der Waals surface area contributed by atoms with Crippen LogP contribution in [0, 0.1) is 0 Å². The number of ether oxygens (including phenoxy) is 3. The first-order valence-electron chi connectivity index (χ1n) is 17.1. The molecule has 1 N–H and O–H groups in total. The fourth-order valence-electron chi connectivity index (χ4n) is 5.16. The van der Waals surface area contributed by atoms with Crippen molar-refractivity contribution in [1.29, 1.82) is 0 Å². The van der Waals surface area contributed by atoms with E-state index in [0.717, 1.165) is 35.5 Å². The van der Waals surface area contributed by atoms with Gasteiger partial charge in [0.25, 0.3) is 0 Å². The molecule has 240 valence electrons. The second kappa shape index (κ2) is 23.6. The van der Waals surface area contributed by atoms with Crippen molar-refractivity contribution < 1.29 is 24.1 Å². The van der Waals surface area contributed by atoms with E-state index in [1.165, 1.54) is 89.9 Å². The van der Waals surface area contributed by atoms with Crippen LogP contribution < -0.4 is 9.47 Å². The third kappa shape index (κ3) is 15.5. The van der Waals surface area contributed by atoms with E-state index in [9.17, 15) is 9.90 Å². The average molecular weight is 595 g/mol. The number of hydrogen-bond donors (Lipinski definition) is 1. The number of hydrogen-bond acceptors (Lipinski definition) is 5. The molecule has 2 rings (SSSR count). The van der Waals surface area contributed by atoms with Crippen LogP contribution in [0.25, 0.3) is 11.6 Å². The monoisotopic (exact) mass is 594 g/mol. The zero-order valence-electron chi connectivity index (χ0n) is 27.3. The molecule has 0 heterocycles. The number of carbonyl (C=O) groups is 1. The summed E-state index contributed by atoms with van der Waals surface area (Å²) in [6, 6.07) is 13.2. The van der Waals surface area contributed by atoms with E-state index in [0.29, 0.717) is 31.0 Å². The third-order valence-electron chi connectivity index (χ3n) is 7.73. The molecule has 0 aliphatic carbocycles. The Morgan fingerprint density at radius 1 is 0.651 bits per heavy atom. The standard InChI is InChI=1S/C38H58O5/c1-4-7-9-11-13-15-17-19-26-42-36-25-24-32(29-37(36)43-27-20-18-16-14-12-10-8-5-2)28-35(31-39)33-22-21-23-34(30-33)38(40)41-6-3/h21-25,28-30,39H,4-20,26-27,31H2,1-3H3. The van der Waals surface area contributed by atoms with E-state index in [-0.39, 0.29) is 12.6 Å². The number of rotatable bonds is 25. The molecule has 2 aromatic carbocycles. The van der Waals surface area contributed by atoms with Crippen LogP contribution in [0.4, 0.5) is 0 Å². The smallest absolute Gasteiger partial charge is 0.338 e. The Labute approximate surface area is 262 Å². The summed E-state index contributed by atoms with van der Waals surface area (Å²) in [5.74, 6) is 1.15. The molecular formula is C38H58O5. The van der Waals surface area contributed by atoms with E-state index in [2.05, 4.69) is 13.8 Å². The maximum absolute atomic E-state index is 12.2. The normalized spacial score (nSPS) is 11.5. The van der Waals surface area contributed by atoms with Crippen molar-refractivity contribution >= 4 is 17.6 Å². The average Bonchev–Trinajstić information content (AvgIpc) is 3.03. The minimum atomic E-state index is -0.365. The van der Waals surface area contributed by atoms with Crippen LogP contribution in [0.15, 0.2) is 42.5 Å². The summed E-state index contributed by atoms with van der Waals surface area (Å²) in [5, 5.41) is 10.2. The van der Waals surface area contributed by atoms with Crippen molar-refractivity contribution in [2.45, 2.75) is 124 Å². The van der Waals surface area contributed by atoms with Crippen LogP contribution in [0.5, 0.6) is 11.5 Å². The first-order valence-corrected chi connectivity index (χ1v) is 17.1. The van der Waals surface area contributed by atoms with Gasteiger partial charge in [-0.2, -0.15) is 0 Å². The Morgan fingerprint density at radius 3 is 1.74 bits per heavy atom. The minimum Gasteiger partial charge on any atom is -0.490 e. The van der Waals surface area contributed by atoms with Gasteiger partial charge in [0.15, 0.2) is 11.5 Å². The maximum Gasteiger partial charge on any atom is 0.338 e. The summed E-state index contributed by atoms with van der Waals surface area (Å²) >= 11 is 0. The fraction of sp³-hybridized carbons (Fsp3) is 0.605. The lowest BCUT2D eigenvalue weighted by atomic mass is 10.0. The van der Waals surface area contributed by atoms with Gasteiger partial charge in [0.1, 0.15) is 0 Å². The summed E-state index contributed by atoms with van der Waals surface area (Å²) in [7, 11) is 0. The molecule has 0 radical (unpaired) electrons. The molecule has 0 fully saturated rings. The van der Waals surface area contributed by atoms with Crippen molar-refractivity contribution in [2.75, 3.05) is 26.4 Å². The number of benzene rings is 2. The summed E-state index contributed by atoms with van der Waals surface area (Å²) in [6.45, 7) is 7.80. The van der Waals surface area contributed by atoms with Crippen LogP contribution in [0.3, 0.4) is 0 Å². The fourth-order valence-corrected chi connectivity index (χ4v) is 5.16. The molecule has 5 heteroatoms. The second-order valence-electron chi connectivity index (χ2n) is 11.5. The molecule has 0 spiro atoms. The molecule has 0 atom stereocenters. The van der Waals surface area contributed by atoms with Gasteiger partial charge in [0, 0.05) is 0 Å². The quantitative estimate of drug-likeness (QED) is 0.0704. The Kier molecular flexibility index (Phi) is 20.0. The number of carbonyl (C=O) groups excluding carboxylic acids is 1. The summed E-state index contributed by atoms with van der Waals surface area (Å²) in [5.41, 5.74) is 2.88. The lowest BCUT2D eigenvalue weighted by Crippen LogP contribution is -2.05. The molecule has 5 nitrogen and oxygen atoms in total. The zero-order chi connectivity index (χ0) is 31.0. The largest absolute Gasteiger partial charge is 0.490 e. The van der Waals surface area contributed by atoms with Gasteiger partial charge < -0.3 is 19.3 Å². The first kappa shape index (κ1) is 36.4. The lowest BCUT2D eigenvalue weighted by Gasteiger charge is -2.14. The van der Waals surface area contributed by atoms with Crippen molar-refractivity contribution in [3.8, 4) is 11.5 Å². The van der Waals surface area contributed by atoms with Crippen LogP contribution in [0.2, 0.25) is 0 Å². The number of aliphatic hydroxyl groups excluding tert-OH is 1. The van der Waals surface area contributed by atoms with Crippen molar-refractivity contribution in [1.82, 2.24) is 0 Å². The number of unbranched alkanes of at least 4 members (excludes halogenated alkanes) is 14. The Bertz CT molecular complexity index is 1040. The second-order valence-corrected chi connectivity index (χ2v) is 11.5. The van der Waals surface area contributed by atoms with Crippen molar-refractivity contribution in [2.24, 2.45) is 0 Å². The molecule has 0 aliphatic rings. The highest BCUT2D eigenvalue weighted by atomic mass is 16.5. The summed E-state index contributed by atoms with van der Waals surface area (Å²) < 4.78 is 17.6. The molecule has 0 saturated carbocycles. The van der Waals surface area contributed by atoms with Crippen LogP contribution in [-0.4, -0.2) is 37.5 Å². The molecule has 0 saturated heterocycles. The summed E-state index contributed by atoms with van der Waals surface area (Å²) in [4.78, 5) is 12.2.